The first-order chi connectivity index (χ1) is 9.08. The van der Waals surface area contributed by atoms with Crippen molar-refractivity contribution < 1.29 is 13.6 Å². The summed E-state index contributed by atoms with van der Waals surface area (Å²) >= 11 is 0.915. The predicted molar refractivity (Wildman–Crippen MR) is 68.5 cm³/mol. The number of aromatic nitrogens is 1. The molecule has 0 aliphatic heterocycles. The summed E-state index contributed by atoms with van der Waals surface area (Å²) in [6.07, 6.45) is 0.468. The van der Waals surface area contributed by atoms with E-state index in [0.717, 1.165) is 23.5 Å². The third kappa shape index (κ3) is 2.47. The number of hydrogen-bond acceptors (Lipinski definition) is 4. The molecule has 0 fully saturated rings. The molecule has 1 amide bonds. The van der Waals surface area contributed by atoms with Crippen molar-refractivity contribution in [3.05, 3.63) is 40.4 Å². The van der Waals surface area contributed by atoms with E-state index in [-0.39, 0.29) is 15.4 Å². The van der Waals surface area contributed by atoms with Gasteiger partial charge in [-0.25, -0.2) is 19.6 Å². The van der Waals surface area contributed by atoms with Crippen molar-refractivity contribution in [1.82, 2.24) is 10.4 Å². The molecule has 0 aliphatic carbocycles. The number of rotatable bonds is 3. The van der Waals surface area contributed by atoms with Crippen LogP contribution in [-0.4, -0.2) is 10.9 Å². The second-order valence-electron chi connectivity index (χ2n) is 3.72. The van der Waals surface area contributed by atoms with Gasteiger partial charge in [0, 0.05) is 0 Å². The summed E-state index contributed by atoms with van der Waals surface area (Å²) in [6, 6.07) is 3.57. The molecule has 4 nitrogen and oxygen atoms in total. The number of aryl methyl sites for hydroxylation is 1. The lowest BCUT2D eigenvalue weighted by Crippen LogP contribution is -2.30. The number of nitrogens with zero attached hydrogens (tertiary/aromatic N) is 1. The molecule has 0 unspecified atom stereocenters. The first-order valence-electron chi connectivity index (χ1n) is 5.53. The fourth-order valence-corrected chi connectivity index (χ4v) is 2.75. The molecule has 1 heterocycles. The van der Waals surface area contributed by atoms with Crippen LogP contribution >= 0.6 is 11.3 Å². The number of nitrogens with two attached hydrogens (primary N) is 1. The van der Waals surface area contributed by atoms with E-state index in [4.69, 9.17) is 5.84 Å². The van der Waals surface area contributed by atoms with Gasteiger partial charge < -0.3 is 0 Å². The van der Waals surface area contributed by atoms with E-state index in [1.54, 1.807) is 6.92 Å². The zero-order valence-electron chi connectivity index (χ0n) is 10.0. The standard InChI is InChI=1S/C12H11F2N3OS/c1-2-8-10(11(18)17-15)19-12(16-8)9-6(13)4-3-5-7(9)14/h3-5H,2,15H2,1H3,(H,17,18). The Morgan fingerprint density at radius 2 is 2.05 bits per heavy atom. The molecule has 2 rings (SSSR count). The van der Waals surface area contributed by atoms with Crippen LogP contribution in [0.4, 0.5) is 8.78 Å². The van der Waals surface area contributed by atoms with E-state index in [1.807, 2.05) is 5.43 Å². The van der Waals surface area contributed by atoms with Crippen LogP contribution in [0.25, 0.3) is 10.6 Å². The van der Waals surface area contributed by atoms with Crippen molar-refractivity contribution in [1.29, 1.82) is 0 Å². The molecule has 100 valence electrons. The van der Waals surface area contributed by atoms with Gasteiger partial charge in [0.25, 0.3) is 5.91 Å². The zero-order chi connectivity index (χ0) is 14.0. The number of amides is 1. The van der Waals surface area contributed by atoms with Crippen LogP contribution in [0, 0.1) is 11.6 Å². The maximum atomic E-state index is 13.7. The van der Waals surface area contributed by atoms with Crippen LogP contribution in [0.3, 0.4) is 0 Å². The van der Waals surface area contributed by atoms with Gasteiger partial charge in [0.2, 0.25) is 0 Å². The molecule has 1 aromatic carbocycles. The number of nitrogens with one attached hydrogen (secondary N) is 1. The maximum Gasteiger partial charge on any atom is 0.277 e. The lowest BCUT2D eigenvalue weighted by atomic mass is 10.2. The molecule has 0 radical (unpaired) electrons. The van der Waals surface area contributed by atoms with Crippen LogP contribution in [0.5, 0.6) is 0 Å². The Bertz CT molecular complexity index is 607. The fourth-order valence-electron chi connectivity index (χ4n) is 1.64. The predicted octanol–water partition coefficient (Wildman–Crippen LogP) is 2.25. The van der Waals surface area contributed by atoms with Gasteiger partial charge in [0.15, 0.2) is 0 Å². The number of hydrogen-bond donors (Lipinski definition) is 2. The minimum absolute atomic E-state index is 0.131. The van der Waals surface area contributed by atoms with Crippen LogP contribution in [0.1, 0.15) is 22.3 Å². The van der Waals surface area contributed by atoms with E-state index in [1.165, 1.54) is 6.07 Å². The Morgan fingerprint density at radius 3 is 2.58 bits per heavy atom. The third-order valence-corrected chi connectivity index (χ3v) is 3.66. The minimum atomic E-state index is -0.712. The van der Waals surface area contributed by atoms with Crippen LogP contribution < -0.4 is 11.3 Å². The smallest absolute Gasteiger partial charge is 0.277 e. The van der Waals surface area contributed by atoms with Gasteiger partial charge in [-0.05, 0) is 18.6 Å². The van der Waals surface area contributed by atoms with Crippen molar-refractivity contribution >= 4 is 17.2 Å². The van der Waals surface area contributed by atoms with E-state index >= 15 is 0 Å². The van der Waals surface area contributed by atoms with Crippen LogP contribution in [0.15, 0.2) is 18.2 Å². The molecular weight excluding hydrogens is 272 g/mol. The van der Waals surface area contributed by atoms with Gasteiger partial charge in [0.05, 0.1) is 11.3 Å². The molecule has 0 spiro atoms. The number of halogens is 2. The summed E-state index contributed by atoms with van der Waals surface area (Å²) in [6.45, 7) is 1.80. The monoisotopic (exact) mass is 283 g/mol. The number of carbonyl (C=O) groups excluding carboxylic acids is 1. The van der Waals surface area contributed by atoms with E-state index in [0.29, 0.717) is 12.1 Å². The molecular formula is C12H11F2N3OS. The molecule has 0 aliphatic rings. The Morgan fingerprint density at radius 1 is 1.42 bits per heavy atom. The van der Waals surface area contributed by atoms with Gasteiger partial charge in [0.1, 0.15) is 21.5 Å². The first-order valence-corrected chi connectivity index (χ1v) is 6.35. The second kappa shape index (κ2) is 5.41. The Hall–Kier alpha value is -1.86. The minimum Gasteiger partial charge on any atom is -0.289 e. The summed E-state index contributed by atoms with van der Waals surface area (Å²) in [4.78, 5) is 15.9. The highest BCUT2D eigenvalue weighted by atomic mass is 32.1. The molecule has 0 bridgehead atoms. The molecule has 3 N–H and O–H groups in total. The number of hydrazine groups is 1. The Labute approximate surface area is 112 Å². The first kappa shape index (κ1) is 13.6. The topological polar surface area (TPSA) is 68.0 Å². The van der Waals surface area contributed by atoms with Gasteiger partial charge in [-0.2, -0.15) is 0 Å². The lowest BCUT2D eigenvalue weighted by molar-refractivity contribution is 0.0956. The molecule has 7 heteroatoms. The van der Waals surface area contributed by atoms with E-state index < -0.39 is 17.5 Å². The van der Waals surface area contributed by atoms with Crippen molar-refractivity contribution in [2.45, 2.75) is 13.3 Å². The summed E-state index contributed by atoms with van der Waals surface area (Å²) < 4.78 is 27.3. The molecule has 0 saturated carbocycles. The third-order valence-electron chi connectivity index (χ3n) is 2.55. The summed E-state index contributed by atoms with van der Waals surface area (Å²) in [5.74, 6) is 3.13. The molecule has 0 saturated heterocycles. The SMILES string of the molecule is CCc1nc(-c2c(F)cccc2F)sc1C(=O)NN. The number of benzene rings is 1. The highest BCUT2D eigenvalue weighted by Gasteiger charge is 2.21. The zero-order valence-corrected chi connectivity index (χ0v) is 10.9. The Kier molecular flexibility index (Phi) is 3.87. The molecule has 0 atom stereocenters. The van der Waals surface area contributed by atoms with Crippen molar-refractivity contribution in [2.75, 3.05) is 0 Å². The highest BCUT2D eigenvalue weighted by molar-refractivity contribution is 7.17. The number of thiazole rings is 1. The maximum absolute atomic E-state index is 13.7. The Balaban J connectivity index is 2.58. The summed E-state index contributed by atoms with van der Waals surface area (Å²) in [7, 11) is 0. The highest BCUT2D eigenvalue weighted by Crippen LogP contribution is 2.32. The van der Waals surface area contributed by atoms with Gasteiger partial charge >= 0.3 is 0 Å². The lowest BCUT2D eigenvalue weighted by Gasteiger charge is -1.99. The van der Waals surface area contributed by atoms with Crippen LogP contribution in [-0.2, 0) is 6.42 Å². The van der Waals surface area contributed by atoms with Crippen molar-refractivity contribution in [3.63, 3.8) is 0 Å². The van der Waals surface area contributed by atoms with Crippen LogP contribution in [0.2, 0.25) is 0 Å². The van der Waals surface area contributed by atoms with Crippen molar-refractivity contribution in [2.24, 2.45) is 5.84 Å². The number of nitrogen functional groups attached to an aromatic ring is 1. The van der Waals surface area contributed by atoms with Gasteiger partial charge in [-0.3, -0.25) is 10.2 Å². The van der Waals surface area contributed by atoms with Crippen molar-refractivity contribution in [3.8, 4) is 10.6 Å². The van der Waals surface area contributed by atoms with Gasteiger partial charge in [-0.1, -0.05) is 13.0 Å². The summed E-state index contributed by atoms with van der Waals surface area (Å²) in [5, 5.41) is 0.131. The molecule has 1 aromatic heterocycles. The largest absolute Gasteiger partial charge is 0.289 e. The van der Waals surface area contributed by atoms with Gasteiger partial charge in [-0.15, -0.1) is 11.3 Å². The summed E-state index contributed by atoms with van der Waals surface area (Å²) in [5.41, 5.74) is 2.23. The average Bonchev–Trinajstić information content (AvgIpc) is 2.81. The quantitative estimate of drug-likeness (QED) is 0.516. The molecule has 2 aromatic rings. The fraction of sp³-hybridized carbons (Fsp3) is 0.167. The average molecular weight is 283 g/mol. The molecule has 19 heavy (non-hydrogen) atoms. The van der Waals surface area contributed by atoms with E-state index in [2.05, 4.69) is 4.98 Å². The van der Waals surface area contributed by atoms with E-state index in [9.17, 15) is 13.6 Å². The normalized spacial score (nSPS) is 10.5. The second-order valence-corrected chi connectivity index (χ2v) is 4.72. The number of carbonyl (C=O) groups is 1.